The molecular weight excluding hydrogens is 366 g/mol. The van der Waals surface area contributed by atoms with Gasteiger partial charge >= 0.3 is 0 Å². The molecule has 0 aliphatic heterocycles. The lowest BCUT2D eigenvalue weighted by molar-refractivity contribution is -0.113. The van der Waals surface area contributed by atoms with Crippen molar-refractivity contribution < 1.29 is 4.79 Å². The highest BCUT2D eigenvalue weighted by Gasteiger charge is 2.21. The van der Waals surface area contributed by atoms with E-state index in [-0.39, 0.29) is 11.5 Å². The van der Waals surface area contributed by atoms with Crippen LogP contribution in [0.4, 0.5) is 5.69 Å². The number of anilines is 1. The molecule has 0 saturated heterocycles. The maximum Gasteiger partial charge on any atom is 0.259 e. The molecule has 1 aliphatic carbocycles. The summed E-state index contributed by atoms with van der Waals surface area (Å²) in [7, 11) is 0. The van der Waals surface area contributed by atoms with Crippen molar-refractivity contribution in [2.45, 2.75) is 31.9 Å². The van der Waals surface area contributed by atoms with Gasteiger partial charge in [-0.2, -0.15) is 0 Å². The van der Waals surface area contributed by atoms with E-state index in [1.165, 1.54) is 22.2 Å². The van der Waals surface area contributed by atoms with Crippen LogP contribution in [0.5, 0.6) is 0 Å². The van der Waals surface area contributed by atoms with Crippen molar-refractivity contribution >= 4 is 44.9 Å². The summed E-state index contributed by atoms with van der Waals surface area (Å²) in [6, 6.07) is 7.71. The van der Waals surface area contributed by atoms with E-state index in [9.17, 15) is 9.59 Å². The Morgan fingerprint density at radius 2 is 2.12 bits per heavy atom. The Labute approximate surface area is 159 Å². The number of amides is 1. The summed E-state index contributed by atoms with van der Waals surface area (Å²) in [5, 5.41) is 3.64. The van der Waals surface area contributed by atoms with Crippen LogP contribution in [0.15, 0.2) is 29.1 Å². The van der Waals surface area contributed by atoms with Gasteiger partial charge in [0.15, 0.2) is 0 Å². The third kappa shape index (κ3) is 3.54. The van der Waals surface area contributed by atoms with Gasteiger partial charge in [0.1, 0.15) is 10.7 Å². The number of fused-ring (bicyclic) bond motifs is 3. The van der Waals surface area contributed by atoms with Crippen molar-refractivity contribution in [3.8, 4) is 0 Å². The number of nitrogens with one attached hydrogen (secondary N) is 2. The molecule has 5 nitrogen and oxygen atoms in total. The van der Waals surface area contributed by atoms with E-state index < -0.39 is 0 Å². The number of hydrogen-bond donors (Lipinski definition) is 2. The molecule has 134 valence electrons. The van der Waals surface area contributed by atoms with Crippen LogP contribution in [0.1, 0.15) is 28.2 Å². The number of aromatic amines is 1. The Morgan fingerprint density at radius 3 is 2.92 bits per heavy atom. The number of carbonyl (C=O) groups is 1. The SMILES string of the molecule is Cc1ccc(NC(=O)CSCc2nc3sc4c(c3c(=O)[nH]2)CCC4)cc1. The van der Waals surface area contributed by atoms with Gasteiger partial charge in [0.25, 0.3) is 5.56 Å². The summed E-state index contributed by atoms with van der Waals surface area (Å²) >= 11 is 3.08. The standard InChI is InChI=1S/C19H19N3O2S2/c1-11-5-7-12(8-6-11)20-16(23)10-25-9-15-21-18(24)17-13-3-2-4-14(13)26-19(17)22-15/h5-8H,2-4,9-10H2,1H3,(H,20,23)(H,21,22,24). The quantitative estimate of drug-likeness (QED) is 0.703. The molecule has 4 rings (SSSR count). The summed E-state index contributed by atoms with van der Waals surface area (Å²) < 4.78 is 0. The highest BCUT2D eigenvalue weighted by Crippen LogP contribution is 2.34. The normalized spacial score (nSPS) is 13.1. The predicted octanol–water partition coefficient (Wildman–Crippen LogP) is 3.65. The van der Waals surface area contributed by atoms with Crippen LogP contribution in [0.3, 0.4) is 0 Å². The van der Waals surface area contributed by atoms with E-state index in [1.807, 2.05) is 31.2 Å². The minimum Gasteiger partial charge on any atom is -0.325 e. The topological polar surface area (TPSA) is 74.8 Å². The number of carbonyl (C=O) groups excluding carboxylic acids is 1. The predicted molar refractivity (Wildman–Crippen MR) is 108 cm³/mol. The summed E-state index contributed by atoms with van der Waals surface area (Å²) in [4.78, 5) is 34.1. The molecule has 3 aromatic rings. The Bertz CT molecular complexity index is 1020. The number of H-pyrrole nitrogens is 1. The lowest BCUT2D eigenvalue weighted by Crippen LogP contribution is -2.15. The molecule has 1 aliphatic rings. The van der Waals surface area contributed by atoms with E-state index in [0.717, 1.165) is 40.7 Å². The first-order valence-corrected chi connectivity index (χ1v) is 10.5. The van der Waals surface area contributed by atoms with E-state index >= 15 is 0 Å². The highest BCUT2D eigenvalue weighted by molar-refractivity contribution is 7.99. The van der Waals surface area contributed by atoms with Crippen molar-refractivity contribution in [2.24, 2.45) is 0 Å². The largest absolute Gasteiger partial charge is 0.325 e. The number of nitrogens with zero attached hydrogens (tertiary/aromatic N) is 1. The molecule has 2 aromatic heterocycles. The third-order valence-corrected chi connectivity index (χ3v) is 6.56. The minimum atomic E-state index is -0.0580. The zero-order valence-corrected chi connectivity index (χ0v) is 16.1. The van der Waals surface area contributed by atoms with E-state index in [0.29, 0.717) is 17.3 Å². The average Bonchev–Trinajstić information content (AvgIpc) is 3.17. The molecule has 1 aromatic carbocycles. The van der Waals surface area contributed by atoms with Crippen LogP contribution < -0.4 is 10.9 Å². The molecule has 1 amide bonds. The second-order valence-corrected chi connectivity index (χ2v) is 8.53. The fourth-order valence-electron chi connectivity index (χ4n) is 3.19. The molecular formula is C19H19N3O2S2. The Balaban J connectivity index is 1.38. The van der Waals surface area contributed by atoms with Crippen molar-refractivity contribution in [3.63, 3.8) is 0 Å². The van der Waals surface area contributed by atoms with Crippen LogP contribution in [-0.2, 0) is 23.4 Å². The van der Waals surface area contributed by atoms with Crippen molar-refractivity contribution in [3.05, 3.63) is 56.4 Å². The zero-order chi connectivity index (χ0) is 18.1. The Hall–Kier alpha value is -2.12. The smallest absolute Gasteiger partial charge is 0.259 e. The first-order chi connectivity index (χ1) is 12.6. The van der Waals surface area contributed by atoms with Gasteiger partial charge in [0, 0.05) is 10.6 Å². The van der Waals surface area contributed by atoms with Gasteiger partial charge in [0.05, 0.1) is 16.9 Å². The maximum absolute atomic E-state index is 12.4. The maximum atomic E-state index is 12.4. The second-order valence-electron chi connectivity index (χ2n) is 6.46. The molecule has 0 radical (unpaired) electrons. The Kier molecular flexibility index (Phi) is 4.82. The molecule has 0 fully saturated rings. The number of thioether (sulfide) groups is 1. The van der Waals surface area contributed by atoms with Crippen LogP contribution >= 0.6 is 23.1 Å². The van der Waals surface area contributed by atoms with Crippen molar-refractivity contribution in [1.29, 1.82) is 0 Å². The molecule has 0 spiro atoms. The van der Waals surface area contributed by atoms with Crippen LogP contribution in [0.25, 0.3) is 10.2 Å². The molecule has 0 atom stereocenters. The first kappa shape index (κ1) is 17.3. The Morgan fingerprint density at radius 1 is 1.31 bits per heavy atom. The van der Waals surface area contributed by atoms with Crippen LogP contribution in [-0.4, -0.2) is 21.6 Å². The monoisotopic (exact) mass is 385 g/mol. The summed E-state index contributed by atoms with van der Waals surface area (Å²) in [5.41, 5.74) is 3.09. The van der Waals surface area contributed by atoms with E-state index in [4.69, 9.17) is 0 Å². The van der Waals surface area contributed by atoms with Crippen molar-refractivity contribution in [2.75, 3.05) is 11.1 Å². The van der Waals surface area contributed by atoms with Crippen LogP contribution in [0.2, 0.25) is 0 Å². The number of aryl methyl sites for hydroxylation is 3. The fourth-order valence-corrected chi connectivity index (χ4v) is 5.16. The van der Waals surface area contributed by atoms with Gasteiger partial charge in [0.2, 0.25) is 5.91 Å². The molecule has 26 heavy (non-hydrogen) atoms. The summed E-state index contributed by atoms with van der Waals surface area (Å²) in [6.07, 6.45) is 3.16. The van der Waals surface area contributed by atoms with Crippen LogP contribution in [0, 0.1) is 6.92 Å². The number of thiophene rings is 1. The van der Waals surface area contributed by atoms with Crippen molar-refractivity contribution in [1.82, 2.24) is 9.97 Å². The molecule has 7 heteroatoms. The average molecular weight is 386 g/mol. The second kappa shape index (κ2) is 7.25. The lowest BCUT2D eigenvalue weighted by atomic mass is 10.2. The molecule has 0 saturated carbocycles. The summed E-state index contributed by atoms with van der Waals surface area (Å²) in [5.74, 6) is 1.40. The van der Waals surface area contributed by atoms with Gasteiger partial charge in [-0.05, 0) is 43.9 Å². The zero-order valence-electron chi connectivity index (χ0n) is 14.4. The van der Waals surface area contributed by atoms with E-state index in [1.54, 1.807) is 11.3 Å². The van der Waals surface area contributed by atoms with E-state index in [2.05, 4.69) is 15.3 Å². The number of benzene rings is 1. The molecule has 2 N–H and O–H groups in total. The van der Waals surface area contributed by atoms with Gasteiger partial charge < -0.3 is 10.3 Å². The fraction of sp³-hybridized carbons (Fsp3) is 0.316. The third-order valence-electron chi connectivity index (χ3n) is 4.43. The van der Waals surface area contributed by atoms with Gasteiger partial charge in [-0.3, -0.25) is 9.59 Å². The molecule has 2 heterocycles. The number of hydrogen-bond acceptors (Lipinski definition) is 5. The summed E-state index contributed by atoms with van der Waals surface area (Å²) in [6.45, 7) is 2.01. The molecule has 0 unspecified atom stereocenters. The van der Waals surface area contributed by atoms with Gasteiger partial charge in [-0.1, -0.05) is 17.7 Å². The lowest BCUT2D eigenvalue weighted by Gasteiger charge is -2.05. The van der Waals surface area contributed by atoms with Gasteiger partial charge in [-0.25, -0.2) is 4.98 Å². The first-order valence-electron chi connectivity index (χ1n) is 8.58. The number of aromatic nitrogens is 2. The highest BCUT2D eigenvalue weighted by atomic mass is 32.2. The van der Waals surface area contributed by atoms with Gasteiger partial charge in [-0.15, -0.1) is 23.1 Å². The minimum absolute atomic E-state index is 0.0471. The molecule has 0 bridgehead atoms. The number of rotatable bonds is 5.